The highest BCUT2D eigenvalue weighted by molar-refractivity contribution is 5.79. The molecule has 0 unspecified atom stereocenters. The molecule has 0 saturated heterocycles. The van der Waals surface area contributed by atoms with Gasteiger partial charge >= 0.3 is 0 Å². The van der Waals surface area contributed by atoms with Gasteiger partial charge in [-0.1, -0.05) is 20.8 Å². The van der Waals surface area contributed by atoms with Crippen LogP contribution in [0.2, 0.25) is 0 Å². The second-order valence-electron chi connectivity index (χ2n) is 6.12. The van der Waals surface area contributed by atoms with Gasteiger partial charge in [0.15, 0.2) is 0 Å². The Bertz CT molecular complexity index is 740. The van der Waals surface area contributed by atoms with Crippen molar-refractivity contribution in [2.24, 2.45) is 0 Å². The zero-order valence-corrected chi connectivity index (χ0v) is 12.5. The van der Waals surface area contributed by atoms with Crippen LogP contribution in [-0.2, 0) is 12.0 Å². The van der Waals surface area contributed by atoms with E-state index in [-0.39, 0.29) is 5.41 Å². The lowest BCUT2D eigenvalue weighted by atomic mass is 9.96. The first-order chi connectivity index (χ1) is 10.0. The summed E-state index contributed by atoms with van der Waals surface area (Å²) < 4.78 is 0. The van der Waals surface area contributed by atoms with E-state index in [1.165, 1.54) is 0 Å². The predicted octanol–water partition coefficient (Wildman–Crippen LogP) is 3.26. The molecule has 2 heterocycles. The quantitative estimate of drug-likeness (QED) is 0.773. The van der Waals surface area contributed by atoms with Gasteiger partial charge in [-0.15, -0.1) is 0 Å². The number of anilines is 1. The van der Waals surface area contributed by atoms with Gasteiger partial charge in [-0.2, -0.15) is 0 Å². The Kier molecular flexibility index (Phi) is 3.33. The van der Waals surface area contributed by atoms with Gasteiger partial charge in [-0.3, -0.25) is 9.97 Å². The topological polar surface area (TPSA) is 66.5 Å². The van der Waals surface area contributed by atoms with Crippen LogP contribution in [-0.4, -0.2) is 19.9 Å². The van der Waals surface area contributed by atoms with Gasteiger partial charge in [-0.05, 0) is 18.2 Å². The maximum absolute atomic E-state index is 4.64. The Hall–Kier alpha value is -2.43. The molecule has 108 valence electrons. The summed E-state index contributed by atoms with van der Waals surface area (Å²) in [5.41, 5.74) is 4.01. The smallest absolute Gasteiger partial charge is 0.112 e. The number of H-pyrrole nitrogens is 1. The van der Waals surface area contributed by atoms with Crippen molar-refractivity contribution >= 4 is 16.7 Å². The van der Waals surface area contributed by atoms with Gasteiger partial charge in [-0.25, -0.2) is 4.98 Å². The van der Waals surface area contributed by atoms with Crippen LogP contribution in [0.1, 0.15) is 32.3 Å². The van der Waals surface area contributed by atoms with E-state index in [2.05, 4.69) is 52.1 Å². The number of nitrogens with one attached hydrogen (secondary N) is 2. The summed E-state index contributed by atoms with van der Waals surface area (Å²) in [4.78, 5) is 16.3. The predicted molar refractivity (Wildman–Crippen MR) is 84.2 cm³/mol. The molecule has 0 radical (unpaired) electrons. The summed E-state index contributed by atoms with van der Waals surface area (Å²) in [5.74, 6) is 1.00. The molecule has 5 heteroatoms. The fraction of sp³-hybridized carbons (Fsp3) is 0.312. The van der Waals surface area contributed by atoms with Crippen molar-refractivity contribution in [1.82, 2.24) is 19.9 Å². The van der Waals surface area contributed by atoms with Crippen molar-refractivity contribution in [3.63, 3.8) is 0 Å². The molecular formula is C16H19N5. The minimum absolute atomic E-state index is 0.0201. The minimum atomic E-state index is 0.0201. The third-order valence-corrected chi connectivity index (χ3v) is 3.28. The van der Waals surface area contributed by atoms with E-state index < -0.39 is 0 Å². The molecule has 5 nitrogen and oxygen atoms in total. The molecule has 3 rings (SSSR count). The van der Waals surface area contributed by atoms with Crippen LogP contribution in [0.15, 0.2) is 36.8 Å². The number of benzene rings is 1. The number of fused-ring (bicyclic) bond motifs is 1. The minimum Gasteiger partial charge on any atom is -0.379 e. The lowest BCUT2D eigenvalue weighted by Crippen LogP contribution is -2.12. The van der Waals surface area contributed by atoms with Crippen LogP contribution in [0.4, 0.5) is 5.69 Å². The fourth-order valence-corrected chi connectivity index (χ4v) is 2.09. The third-order valence-electron chi connectivity index (χ3n) is 3.28. The van der Waals surface area contributed by atoms with Crippen molar-refractivity contribution in [1.29, 1.82) is 0 Å². The lowest BCUT2D eigenvalue weighted by Gasteiger charge is -2.13. The SMILES string of the molecule is CC(C)(C)c1nc2ccc(NCc3cnccn3)cc2[nH]1. The number of nitrogens with zero attached hydrogens (tertiary/aromatic N) is 3. The molecule has 2 N–H and O–H groups in total. The molecule has 3 aromatic rings. The van der Waals surface area contributed by atoms with Gasteiger partial charge in [0, 0.05) is 23.5 Å². The second-order valence-corrected chi connectivity index (χ2v) is 6.12. The van der Waals surface area contributed by atoms with Crippen molar-refractivity contribution in [3.8, 4) is 0 Å². The molecule has 0 amide bonds. The average molecular weight is 281 g/mol. The molecule has 0 saturated carbocycles. The van der Waals surface area contributed by atoms with Gasteiger partial charge in [0.2, 0.25) is 0 Å². The van der Waals surface area contributed by atoms with Crippen LogP contribution >= 0.6 is 0 Å². The van der Waals surface area contributed by atoms with E-state index in [1.54, 1.807) is 18.6 Å². The first-order valence-corrected chi connectivity index (χ1v) is 7.01. The van der Waals surface area contributed by atoms with Gasteiger partial charge in [0.05, 0.1) is 29.5 Å². The van der Waals surface area contributed by atoms with Crippen LogP contribution in [0, 0.1) is 0 Å². The van der Waals surface area contributed by atoms with Crippen molar-refractivity contribution in [2.45, 2.75) is 32.7 Å². The number of rotatable bonds is 3. The molecular weight excluding hydrogens is 262 g/mol. The lowest BCUT2D eigenvalue weighted by molar-refractivity contribution is 0.554. The van der Waals surface area contributed by atoms with Crippen molar-refractivity contribution < 1.29 is 0 Å². The Morgan fingerprint density at radius 2 is 2.05 bits per heavy atom. The molecule has 0 atom stereocenters. The Morgan fingerprint density at radius 1 is 1.19 bits per heavy atom. The van der Waals surface area contributed by atoms with E-state index in [1.807, 2.05) is 12.1 Å². The highest BCUT2D eigenvalue weighted by atomic mass is 14.9. The molecule has 21 heavy (non-hydrogen) atoms. The van der Waals surface area contributed by atoms with E-state index in [9.17, 15) is 0 Å². The zero-order chi connectivity index (χ0) is 14.9. The summed E-state index contributed by atoms with van der Waals surface area (Å²) in [5, 5.41) is 3.35. The van der Waals surface area contributed by atoms with Gasteiger partial charge in [0.25, 0.3) is 0 Å². The Balaban J connectivity index is 1.81. The van der Waals surface area contributed by atoms with Crippen LogP contribution in [0.25, 0.3) is 11.0 Å². The average Bonchev–Trinajstić information content (AvgIpc) is 2.89. The highest BCUT2D eigenvalue weighted by Crippen LogP contribution is 2.24. The van der Waals surface area contributed by atoms with Crippen LogP contribution < -0.4 is 5.32 Å². The van der Waals surface area contributed by atoms with E-state index in [0.717, 1.165) is 28.2 Å². The first-order valence-electron chi connectivity index (χ1n) is 7.01. The summed E-state index contributed by atoms with van der Waals surface area (Å²) in [6.45, 7) is 7.10. The second kappa shape index (κ2) is 5.16. The third kappa shape index (κ3) is 3.02. The van der Waals surface area contributed by atoms with Crippen LogP contribution in [0.3, 0.4) is 0 Å². The summed E-state index contributed by atoms with van der Waals surface area (Å²) >= 11 is 0. The Morgan fingerprint density at radius 3 is 2.76 bits per heavy atom. The summed E-state index contributed by atoms with van der Waals surface area (Å²) in [6, 6.07) is 6.14. The van der Waals surface area contributed by atoms with Crippen LogP contribution in [0.5, 0.6) is 0 Å². The molecule has 0 bridgehead atoms. The van der Waals surface area contributed by atoms with E-state index in [0.29, 0.717) is 6.54 Å². The molecule has 0 aliphatic heterocycles. The van der Waals surface area contributed by atoms with E-state index >= 15 is 0 Å². The molecule has 0 spiro atoms. The standard InChI is InChI=1S/C16H19N5/c1-16(2,3)15-20-13-5-4-11(8-14(13)21-15)19-10-12-9-17-6-7-18-12/h4-9,19H,10H2,1-3H3,(H,20,21). The fourth-order valence-electron chi connectivity index (χ4n) is 2.09. The van der Waals surface area contributed by atoms with Crippen molar-refractivity contribution in [3.05, 3.63) is 48.3 Å². The first kappa shape index (κ1) is 13.5. The van der Waals surface area contributed by atoms with Crippen molar-refractivity contribution in [2.75, 3.05) is 5.32 Å². The summed E-state index contributed by atoms with van der Waals surface area (Å²) in [7, 11) is 0. The number of aromatic amines is 1. The summed E-state index contributed by atoms with van der Waals surface area (Å²) in [6.07, 6.45) is 5.14. The molecule has 1 aromatic carbocycles. The molecule has 0 aliphatic carbocycles. The van der Waals surface area contributed by atoms with Gasteiger partial charge in [0.1, 0.15) is 5.82 Å². The number of hydrogen-bond acceptors (Lipinski definition) is 4. The zero-order valence-electron chi connectivity index (χ0n) is 12.5. The molecule has 0 aliphatic rings. The Labute approximate surface area is 123 Å². The molecule has 2 aromatic heterocycles. The molecule has 0 fully saturated rings. The number of imidazole rings is 1. The van der Waals surface area contributed by atoms with Gasteiger partial charge < -0.3 is 10.3 Å². The maximum Gasteiger partial charge on any atom is 0.112 e. The monoisotopic (exact) mass is 281 g/mol. The highest BCUT2D eigenvalue weighted by Gasteiger charge is 2.18. The normalized spacial score (nSPS) is 11.8. The number of aromatic nitrogens is 4. The maximum atomic E-state index is 4.64. The number of hydrogen-bond donors (Lipinski definition) is 2. The largest absolute Gasteiger partial charge is 0.379 e. The van der Waals surface area contributed by atoms with E-state index in [4.69, 9.17) is 0 Å².